The molecule has 0 spiro atoms. The smallest absolute Gasteiger partial charge is 0.264 e. The van der Waals surface area contributed by atoms with Gasteiger partial charge in [-0.3, -0.25) is 9.10 Å². The Hall–Kier alpha value is -2.97. The van der Waals surface area contributed by atoms with E-state index in [9.17, 15) is 13.2 Å². The summed E-state index contributed by atoms with van der Waals surface area (Å²) in [5.41, 5.74) is 4.70. The number of nitrogens with one attached hydrogen (secondary N) is 1. The lowest BCUT2D eigenvalue weighted by atomic mass is 10.1. The maximum Gasteiger partial charge on any atom is 0.264 e. The molecule has 0 aliphatic carbocycles. The van der Waals surface area contributed by atoms with Gasteiger partial charge in [0.2, 0.25) is 0 Å². The molecular weight excluding hydrogens is 418 g/mol. The second-order valence-electron chi connectivity index (χ2n) is 6.62. The van der Waals surface area contributed by atoms with Crippen LogP contribution in [-0.4, -0.2) is 27.1 Å². The molecule has 1 heterocycles. The van der Waals surface area contributed by atoms with Gasteiger partial charge >= 0.3 is 0 Å². The van der Waals surface area contributed by atoms with Crippen LogP contribution in [-0.2, 0) is 21.2 Å². The summed E-state index contributed by atoms with van der Waals surface area (Å²) in [5, 5.41) is 5.84. The van der Waals surface area contributed by atoms with Crippen LogP contribution in [0.4, 0.5) is 5.69 Å². The van der Waals surface area contributed by atoms with Crippen molar-refractivity contribution in [2.75, 3.05) is 10.8 Å². The minimum atomic E-state index is -3.94. The number of thiophene rings is 1. The highest BCUT2D eigenvalue weighted by Gasteiger charge is 2.28. The Kier molecular flexibility index (Phi) is 7.02. The maximum absolute atomic E-state index is 13.4. The molecule has 1 N–H and O–H groups in total. The zero-order chi connectivity index (χ0) is 21.6. The number of hydrazone groups is 1. The van der Waals surface area contributed by atoms with E-state index in [2.05, 4.69) is 10.5 Å². The van der Waals surface area contributed by atoms with Crippen molar-refractivity contribution in [3.8, 4) is 0 Å². The molecule has 0 unspecified atom stereocenters. The normalized spacial score (nSPS) is 11.5. The molecule has 0 saturated heterocycles. The number of carbonyl (C=O) groups is 1. The first-order chi connectivity index (χ1) is 14.4. The Morgan fingerprint density at radius 2 is 1.83 bits per heavy atom. The predicted octanol–water partition coefficient (Wildman–Crippen LogP) is 3.96. The number of aryl methyl sites for hydroxylation is 2. The first-order valence-electron chi connectivity index (χ1n) is 9.44. The minimum absolute atomic E-state index is 0.133. The number of hydrogen-bond donors (Lipinski definition) is 1. The molecular formula is C22H23N3O3S2. The average molecular weight is 442 g/mol. The summed E-state index contributed by atoms with van der Waals surface area (Å²) >= 11 is 1.49. The zero-order valence-corrected chi connectivity index (χ0v) is 18.4. The Morgan fingerprint density at radius 1 is 1.10 bits per heavy atom. The van der Waals surface area contributed by atoms with Crippen LogP contribution in [0.25, 0.3) is 0 Å². The van der Waals surface area contributed by atoms with Crippen molar-refractivity contribution in [3.63, 3.8) is 0 Å². The lowest BCUT2D eigenvalue weighted by Gasteiger charge is -2.25. The van der Waals surface area contributed by atoms with Crippen LogP contribution < -0.4 is 9.73 Å². The number of sulfonamides is 1. The first kappa shape index (κ1) is 21.7. The van der Waals surface area contributed by atoms with Gasteiger partial charge in [-0.25, -0.2) is 13.8 Å². The first-order valence-corrected chi connectivity index (χ1v) is 11.8. The monoisotopic (exact) mass is 441 g/mol. The fourth-order valence-electron chi connectivity index (χ4n) is 2.89. The zero-order valence-electron chi connectivity index (χ0n) is 16.8. The van der Waals surface area contributed by atoms with E-state index in [-0.39, 0.29) is 11.4 Å². The summed E-state index contributed by atoms with van der Waals surface area (Å²) in [6.45, 7) is 3.45. The molecule has 1 amide bonds. The summed E-state index contributed by atoms with van der Waals surface area (Å²) < 4.78 is 28.0. The lowest BCUT2D eigenvalue weighted by molar-refractivity contribution is -0.119. The number of nitrogens with zero attached hydrogens (tertiary/aromatic N) is 2. The van der Waals surface area contributed by atoms with Gasteiger partial charge in [0.25, 0.3) is 15.9 Å². The Bertz CT molecular complexity index is 1120. The summed E-state index contributed by atoms with van der Waals surface area (Å²) in [4.78, 5) is 13.6. The fourth-order valence-corrected chi connectivity index (χ4v) is 4.93. The van der Waals surface area contributed by atoms with Gasteiger partial charge < -0.3 is 0 Å². The molecule has 0 bridgehead atoms. The molecule has 0 fully saturated rings. The van der Waals surface area contributed by atoms with Crippen molar-refractivity contribution < 1.29 is 13.2 Å². The number of benzene rings is 2. The highest BCUT2D eigenvalue weighted by atomic mass is 32.2. The van der Waals surface area contributed by atoms with E-state index >= 15 is 0 Å². The number of carbonyl (C=O) groups excluding carboxylic acids is 1. The van der Waals surface area contributed by atoms with E-state index in [0.29, 0.717) is 12.1 Å². The van der Waals surface area contributed by atoms with Gasteiger partial charge in [-0.2, -0.15) is 5.10 Å². The molecule has 6 nitrogen and oxygen atoms in total. The van der Waals surface area contributed by atoms with Crippen LogP contribution in [0, 0.1) is 6.92 Å². The molecule has 0 saturated carbocycles. The van der Waals surface area contributed by atoms with Gasteiger partial charge in [0.1, 0.15) is 6.54 Å². The van der Waals surface area contributed by atoms with Crippen LogP contribution in [0.3, 0.4) is 0 Å². The molecule has 0 aliphatic heterocycles. The Balaban J connectivity index is 1.91. The van der Waals surface area contributed by atoms with Gasteiger partial charge in [0.05, 0.1) is 16.8 Å². The lowest BCUT2D eigenvalue weighted by Crippen LogP contribution is -2.40. The van der Waals surface area contributed by atoms with E-state index in [1.165, 1.54) is 17.6 Å². The number of anilines is 1. The third-order valence-corrected chi connectivity index (χ3v) is 7.04. The van der Waals surface area contributed by atoms with E-state index in [1.807, 2.05) is 43.5 Å². The summed E-state index contributed by atoms with van der Waals surface area (Å²) in [5.74, 6) is -0.524. The Labute approximate surface area is 180 Å². The summed E-state index contributed by atoms with van der Waals surface area (Å²) in [6.07, 6.45) is 2.16. The molecule has 30 heavy (non-hydrogen) atoms. The van der Waals surface area contributed by atoms with Crippen molar-refractivity contribution in [1.82, 2.24) is 5.43 Å². The topological polar surface area (TPSA) is 78.8 Å². The number of rotatable bonds is 8. The summed E-state index contributed by atoms with van der Waals surface area (Å²) in [6, 6.07) is 17.5. The highest BCUT2D eigenvalue weighted by molar-refractivity contribution is 7.92. The third kappa shape index (κ3) is 5.14. The van der Waals surface area contributed by atoms with Gasteiger partial charge in [0.15, 0.2) is 0 Å². The second kappa shape index (κ2) is 9.69. The van der Waals surface area contributed by atoms with Crippen LogP contribution in [0.2, 0.25) is 0 Å². The van der Waals surface area contributed by atoms with E-state index in [1.54, 1.807) is 36.4 Å². The van der Waals surface area contributed by atoms with E-state index in [0.717, 1.165) is 20.3 Å². The SMILES string of the molecule is CCc1ccccc1N(CC(=O)N/N=C/c1cccs1)S(=O)(=O)c1ccc(C)cc1. The van der Waals surface area contributed by atoms with Crippen LogP contribution >= 0.6 is 11.3 Å². The van der Waals surface area contributed by atoms with E-state index in [4.69, 9.17) is 0 Å². The van der Waals surface area contributed by atoms with Gasteiger partial charge in [-0.1, -0.05) is 48.9 Å². The molecule has 8 heteroatoms. The molecule has 156 valence electrons. The van der Waals surface area contributed by atoms with Gasteiger partial charge in [-0.15, -0.1) is 11.3 Å². The van der Waals surface area contributed by atoms with Gasteiger partial charge in [-0.05, 0) is 48.6 Å². The molecule has 2 aromatic carbocycles. The van der Waals surface area contributed by atoms with Crippen LogP contribution in [0.1, 0.15) is 22.9 Å². The minimum Gasteiger partial charge on any atom is -0.271 e. The van der Waals surface area contributed by atoms with Crippen molar-refractivity contribution in [2.45, 2.75) is 25.2 Å². The van der Waals surface area contributed by atoms with Crippen LogP contribution in [0.15, 0.2) is 76.0 Å². The molecule has 0 radical (unpaired) electrons. The fraction of sp³-hybridized carbons (Fsp3) is 0.182. The summed E-state index contributed by atoms with van der Waals surface area (Å²) in [7, 11) is -3.94. The largest absolute Gasteiger partial charge is 0.271 e. The predicted molar refractivity (Wildman–Crippen MR) is 122 cm³/mol. The molecule has 0 aliphatic rings. The molecule has 3 aromatic rings. The van der Waals surface area contributed by atoms with Crippen molar-refractivity contribution in [2.24, 2.45) is 5.10 Å². The molecule has 0 atom stereocenters. The number of amides is 1. The Morgan fingerprint density at radius 3 is 2.50 bits per heavy atom. The quantitative estimate of drug-likeness (QED) is 0.424. The number of hydrogen-bond acceptors (Lipinski definition) is 5. The average Bonchev–Trinajstić information content (AvgIpc) is 3.26. The van der Waals surface area contributed by atoms with Crippen molar-refractivity contribution >= 4 is 39.2 Å². The third-order valence-electron chi connectivity index (χ3n) is 4.46. The van der Waals surface area contributed by atoms with Crippen molar-refractivity contribution in [1.29, 1.82) is 0 Å². The highest BCUT2D eigenvalue weighted by Crippen LogP contribution is 2.27. The number of para-hydroxylation sites is 1. The standard InChI is InChI=1S/C22H23N3O3S2/c1-3-18-7-4-5-9-21(18)25(30(27,28)20-12-10-17(2)11-13-20)16-22(26)24-23-15-19-8-6-14-29-19/h4-15H,3,16H2,1-2H3,(H,24,26)/b23-15+. The maximum atomic E-state index is 13.4. The second-order valence-corrected chi connectivity index (χ2v) is 9.46. The molecule has 3 rings (SSSR count). The van der Waals surface area contributed by atoms with Crippen LogP contribution in [0.5, 0.6) is 0 Å². The van der Waals surface area contributed by atoms with Gasteiger partial charge in [0, 0.05) is 4.88 Å². The van der Waals surface area contributed by atoms with E-state index < -0.39 is 15.9 Å². The van der Waals surface area contributed by atoms with Crippen molar-refractivity contribution in [3.05, 3.63) is 82.0 Å². The molecule has 1 aromatic heterocycles.